The fraction of sp³-hybridized carbons (Fsp3) is 0.0714. The highest BCUT2D eigenvalue weighted by atomic mass is 79.9. The average Bonchev–Trinajstić information content (AvgIpc) is 2.71. The Labute approximate surface area is 112 Å². The lowest BCUT2D eigenvalue weighted by atomic mass is 10.1. The first-order valence-electron chi connectivity index (χ1n) is 5.55. The molecule has 1 N–H and O–H groups in total. The molecular formula is C14H10BrFN2. The molecule has 0 aliphatic heterocycles. The first-order valence-corrected chi connectivity index (χ1v) is 6.34. The molecule has 90 valence electrons. The van der Waals surface area contributed by atoms with Gasteiger partial charge in [0, 0.05) is 10.0 Å². The first-order chi connectivity index (χ1) is 8.63. The van der Waals surface area contributed by atoms with E-state index in [1.54, 1.807) is 6.07 Å². The van der Waals surface area contributed by atoms with Crippen molar-refractivity contribution in [1.82, 2.24) is 9.97 Å². The third-order valence-corrected chi connectivity index (χ3v) is 3.38. The summed E-state index contributed by atoms with van der Waals surface area (Å²) in [5.41, 5.74) is 3.62. The molecule has 2 nitrogen and oxygen atoms in total. The minimum Gasteiger partial charge on any atom is -0.338 e. The maximum atomic E-state index is 13.1. The molecule has 0 aliphatic rings. The Morgan fingerprint density at radius 3 is 2.78 bits per heavy atom. The van der Waals surface area contributed by atoms with Crippen molar-refractivity contribution in [2.45, 2.75) is 6.92 Å². The highest BCUT2D eigenvalue weighted by Gasteiger charge is 2.08. The Balaban J connectivity index is 2.19. The predicted octanol–water partition coefficient (Wildman–Crippen LogP) is 4.44. The number of H-pyrrole nitrogens is 1. The number of rotatable bonds is 1. The highest BCUT2D eigenvalue weighted by Crippen LogP contribution is 2.26. The lowest BCUT2D eigenvalue weighted by Gasteiger charge is -2.02. The number of benzene rings is 2. The van der Waals surface area contributed by atoms with E-state index >= 15 is 0 Å². The molecule has 0 unspecified atom stereocenters. The highest BCUT2D eigenvalue weighted by molar-refractivity contribution is 9.10. The van der Waals surface area contributed by atoms with E-state index < -0.39 is 0 Å². The third-order valence-electron chi connectivity index (χ3n) is 2.89. The molecule has 18 heavy (non-hydrogen) atoms. The lowest BCUT2D eigenvalue weighted by molar-refractivity contribution is 0.629. The molecule has 0 bridgehead atoms. The number of nitrogens with zero attached hydrogens (tertiary/aromatic N) is 1. The molecule has 3 rings (SSSR count). The number of imidazole rings is 1. The minimum atomic E-state index is -0.259. The molecule has 2 aromatic carbocycles. The Hall–Kier alpha value is -1.68. The second kappa shape index (κ2) is 4.21. The molecule has 0 fully saturated rings. The van der Waals surface area contributed by atoms with E-state index in [1.165, 1.54) is 12.1 Å². The summed E-state index contributed by atoms with van der Waals surface area (Å²) in [5.74, 6) is 0.505. The van der Waals surface area contributed by atoms with Crippen molar-refractivity contribution in [2.75, 3.05) is 0 Å². The molecule has 0 atom stereocenters. The van der Waals surface area contributed by atoms with Crippen LogP contribution < -0.4 is 0 Å². The molecule has 0 amide bonds. The molecule has 0 aliphatic carbocycles. The number of halogens is 2. The maximum absolute atomic E-state index is 13.1. The maximum Gasteiger partial charge on any atom is 0.138 e. The first kappa shape index (κ1) is 11.4. The van der Waals surface area contributed by atoms with Gasteiger partial charge in [-0.15, -0.1) is 0 Å². The van der Waals surface area contributed by atoms with Crippen LogP contribution in [0, 0.1) is 12.7 Å². The van der Waals surface area contributed by atoms with Crippen molar-refractivity contribution in [3.05, 3.63) is 52.3 Å². The van der Waals surface area contributed by atoms with E-state index in [4.69, 9.17) is 0 Å². The minimum absolute atomic E-state index is 0.259. The van der Waals surface area contributed by atoms with Gasteiger partial charge >= 0.3 is 0 Å². The fourth-order valence-corrected chi connectivity index (χ4v) is 2.48. The Morgan fingerprint density at radius 1 is 1.17 bits per heavy atom. The SMILES string of the molecule is Cc1cc(Br)ccc1-c1nc2ccc(F)cc2[nH]1. The normalized spacial score (nSPS) is 11.1. The second-order valence-corrected chi connectivity index (χ2v) is 5.12. The van der Waals surface area contributed by atoms with Gasteiger partial charge in [-0.2, -0.15) is 0 Å². The number of aryl methyl sites for hydroxylation is 1. The molecular weight excluding hydrogens is 295 g/mol. The van der Waals surface area contributed by atoms with Gasteiger partial charge in [-0.1, -0.05) is 15.9 Å². The molecule has 1 heterocycles. The topological polar surface area (TPSA) is 28.7 Å². The number of hydrogen-bond donors (Lipinski definition) is 1. The number of nitrogens with one attached hydrogen (secondary N) is 1. The van der Waals surface area contributed by atoms with Gasteiger partial charge < -0.3 is 4.98 Å². The van der Waals surface area contributed by atoms with Gasteiger partial charge in [0.1, 0.15) is 11.6 Å². The van der Waals surface area contributed by atoms with Gasteiger partial charge in [0.15, 0.2) is 0 Å². The number of aromatic nitrogens is 2. The van der Waals surface area contributed by atoms with Gasteiger partial charge in [0.05, 0.1) is 11.0 Å². The zero-order valence-corrected chi connectivity index (χ0v) is 11.3. The molecule has 1 aromatic heterocycles. The smallest absolute Gasteiger partial charge is 0.138 e. The summed E-state index contributed by atoms with van der Waals surface area (Å²) in [5, 5.41) is 0. The van der Waals surface area contributed by atoms with Gasteiger partial charge in [0.2, 0.25) is 0 Å². The predicted molar refractivity (Wildman–Crippen MR) is 73.9 cm³/mol. The summed E-state index contributed by atoms with van der Waals surface area (Å²) in [7, 11) is 0. The summed E-state index contributed by atoms with van der Waals surface area (Å²) in [6, 6.07) is 10.5. The van der Waals surface area contributed by atoms with E-state index in [-0.39, 0.29) is 5.82 Å². The Bertz CT molecular complexity index is 734. The molecule has 0 saturated carbocycles. The number of aromatic amines is 1. The largest absolute Gasteiger partial charge is 0.338 e. The zero-order chi connectivity index (χ0) is 12.7. The van der Waals surface area contributed by atoms with Crippen molar-refractivity contribution in [3.8, 4) is 11.4 Å². The third kappa shape index (κ3) is 1.93. The summed E-state index contributed by atoms with van der Waals surface area (Å²) >= 11 is 3.43. The molecule has 0 radical (unpaired) electrons. The van der Waals surface area contributed by atoms with E-state index in [0.717, 1.165) is 26.9 Å². The van der Waals surface area contributed by atoms with Gasteiger partial charge in [-0.3, -0.25) is 0 Å². The van der Waals surface area contributed by atoms with Crippen LogP contribution in [0.4, 0.5) is 4.39 Å². The van der Waals surface area contributed by atoms with Crippen molar-refractivity contribution in [3.63, 3.8) is 0 Å². The van der Waals surface area contributed by atoms with E-state index in [9.17, 15) is 4.39 Å². The standard InChI is InChI=1S/C14H10BrFN2/c1-8-6-9(15)2-4-11(8)14-17-12-5-3-10(16)7-13(12)18-14/h2-7H,1H3,(H,17,18). The van der Waals surface area contributed by atoms with Gasteiger partial charge in [-0.25, -0.2) is 9.37 Å². The summed E-state index contributed by atoms with van der Waals surface area (Å²) < 4.78 is 14.2. The second-order valence-electron chi connectivity index (χ2n) is 4.21. The summed E-state index contributed by atoms with van der Waals surface area (Å²) in [6.07, 6.45) is 0. The Kier molecular flexibility index (Phi) is 2.67. The van der Waals surface area contributed by atoms with Crippen LogP contribution in [0.2, 0.25) is 0 Å². The summed E-state index contributed by atoms with van der Waals surface area (Å²) in [6.45, 7) is 2.02. The summed E-state index contributed by atoms with van der Waals surface area (Å²) in [4.78, 5) is 7.62. The molecule has 0 spiro atoms. The molecule has 3 aromatic rings. The average molecular weight is 305 g/mol. The van der Waals surface area contributed by atoms with Crippen molar-refractivity contribution in [2.24, 2.45) is 0 Å². The van der Waals surface area contributed by atoms with Crippen molar-refractivity contribution >= 4 is 27.0 Å². The van der Waals surface area contributed by atoms with E-state index in [2.05, 4.69) is 25.9 Å². The van der Waals surface area contributed by atoms with Crippen LogP contribution in [-0.2, 0) is 0 Å². The van der Waals surface area contributed by atoms with Crippen LogP contribution >= 0.6 is 15.9 Å². The van der Waals surface area contributed by atoms with Crippen LogP contribution in [0.15, 0.2) is 40.9 Å². The van der Waals surface area contributed by atoms with Crippen LogP contribution in [0.25, 0.3) is 22.4 Å². The monoisotopic (exact) mass is 304 g/mol. The number of fused-ring (bicyclic) bond motifs is 1. The quantitative estimate of drug-likeness (QED) is 0.707. The van der Waals surface area contributed by atoms with Gasteiger partial charge in [-0.05, 0) is 48.9 Å². The van der Waals surface area contributed by atoms with Crippen molar-refractivity contribution in [1.29, 1.82) is 0 Å². The zero-order valence-electron chi connectivity index (χ0n) is 9.67. The van der Waals surface area contributed by atoms with E-state index in [1.807, 2.05) is 25.1 Å². The van der Waals surface area contributed by atoms with Crippen LogP contribution in [0.1, 0.15) is 5.56 Å². The van der Waals surface area contributed by atoms with Crippen LogP contribution in [0.3, 0.4) is 0 Å². The van der Waals surface area contributed by atoms with Crippen LogP contribution in [-0.4, -0.2) is 9.97 Å². The van der Waals surface area contributed by atoms with Crippen LogP contribution in [0.5, 0.6) is 0 Å². The lowest BCUT2D eigenvalue weighted by Crippen LogP contribution is -1.85. The Morgan fingerprint density at radius 2 is 2.00 bits per heavy atom. The number of hydrogen-bond acceptors (Lipinski definition) is 1. The van der Waals surface area contributed by atoms with Crippen molar-refractivity contribution < 1.29 is 4.39 Å². The molecule has 4 heteroatoms. The fourth-order valence-electron chi connectivity index (χ4n) is 2.00. The van der Waals surface area contributed by atoms with Gasteiger partial charge in [0.25, 0.3) is 0 Å². The van der Waals surface area contributed by atoms with E-state index in [0.29, 0.717) is 5.52 Å². The molecule has 0 saturated heterocycles.